The smallest absolute Gasteiger partial charge is 0.326 e. The van der Waals surface area contributed by atoms with E-state index in [0.717, 1.165) is 0 Å². The zero-order valence-electron chi connectivity index (χ0n) is 19.7. The molecule has 0 saturated carbocycles. The van der Waals surface area contributed by atoms with Crippen LogP contribution in [0, 0.1) is 0 Å². The Hall–Kier alpha value is -3.07. The van der Waals surface area contributed by atoms with Crippen molar-refractivity contribution in [2.75, 3.05) is 19.7 Å². The third-order valence-electron chi connectivity index (χ3n) is 5.29. The molecule has 4 unspecified atom stereocenters. The molecule has 0 aliphatic rings. The average molecular weight is 499 g/mol. The number of nitrogens with zero attached hydrogens (tertiary/aromatic N) is 1. The standard InChI is InChI=1S/C21H38N8O6/c22-7-3-1-5-15(27-18(31)14(24)11-30)19(32)28-16(6-2-4-8-23)20(33)29-17(21(34)35)9-13-10-25-12-26-13/h10,12,14-17,30H,1-9,11,22-24H2,(H,25,26)(H,27,31)(H,28,32)(H,29,33)(H,34,35). The molecule has 1 rings (SSSR count). The van der Waals surface area contributed by atoms with E-state index in [1.54, 1.807) is 0 Å². The summed E-state index contributed by atoms with van der Waals surface area (Å²) in [6.45, 7) is 0.187. The molecule has 0 aliphatic heterocycles. The van der Waals surface area contributed by atoms with Crippen LogP contribution in [0.4, 0.5) is 0 Å². The van der Waals surface area contributed by atoms with Gasteiger partial charge in [-0.2, -0.15) is 0 Å². The van der Waals surface area contributed by atoms with E-state index in [4.69, 9.17) is 22.3 Å². The zero-order chi connectivity index (χ0) is 26.2. The molecule has 0 saturated heterocycles. The summed E-state index contributed by atoms with van der Waals surface area (Å²) in [4.78, 5) is 56.5. The van der Waals surface area contributed by atoms with Gasteiger partial charge in [-0.3, -0.25) is 14.4 Å². The number of aromatic amines is 1. The number of nitrogens with two attached hydrogens (primary N) is 3. The molecule has 35 heavy (non-hydrogen) atoms. The van der Waals surface area contributed by atoms with Crippen molar-refractivity contribution in [3.8, 4) is 0 Å². The molecular weight excluding hydrogens is 460 g/mol. The Labute approximate surface area is 203 Å². The van der Waals surface area contributed by atoms with Gasteiger partial charge in [0.2, 0.25) is 17.7 Å². The number of imidazole rings is 1. The molecule has 1 aromatic heterocycles. The lowest BCUT2D eigenvalue weighted by Crippen LogP contribution is -2.57. The number of nitrogens with one attached hydrogen (secondary N) is 4. The van der Waals surface area contributed by atoms with Crippen molar-refractivity contribution in [3.63, 3.8) is 0 Å². The van der Waals surface area contributed by atoms with Gasteiger partial charge in [0.05, 0.1) is 12.9 Å². The van der Waals surface area contributed by atoms with E-state index in [0.29, 0.717) is 44.5 Å². The van der Waals surface area contributed by atoms with E-state index in [1.807, 2.05) is 0 Å². The van der Waals surface area contributed by atoms with E-state index >= 15 is 0 Å². The van der Waals surface area contributed by atoms with Gasteiger partial charge >= 0.3 is 5.97 Å². The van der Waals surface area contributed by atoms with Gasteiger partial charge in [0.1, 0.15) is 24.2 Å². The molecule has 0 aromatic carbocycles. The molecule has 0 aliphatic carbocycles. The summed E-state index contributed by atoms with van der Waals surface area (Å²) in [7, 11) is 0. The number of aliphatic carboxylic acids is 1. The second-order valence-electron chi connectivity index (χ2n) is 8.16. The Kier molecular flexibility index (Phi) is 14.2. The quantitative estimate of drug-likeness (QED) is 0.0931. The number of unbranched alkanes of at least 4 members (excludes halogenated alkanes) is 2. The fraction of sp³-hybridized carbons (Fsp3) is 0.667. The predicted molar refractivity (Wildman–Crippen MR) is 127 cm³/mol. The first-order valence-corrected chi connectivity index (χ1v) is 11.6. The molecule has 1 aromatic rings. The van der Waals surface area contributed by atoms with Crippen molar-refractivity contribution in [2.45, 2.75) is 69.1 Å². The van der Waals surface area contributed by atoms with E-state index in [2.05, 4.69) is 25.9 Å². The summed E-state index contributed by atoms with van der Waals surface area (Å²) >= 11 is 0. The van der Waals surface area contributed by atoms with Crippen LogP contribution in [0.25, 0.3) is 0 Å². The molecular formula is C21H38N8O6. The summed E-state index contributed by atoms with van der Waals surface area (Å²) < 4.78 is 0. The number of aliphatic hydroxyl groups excluding tert-OH is 1. The van der Waals surface area contributed by atoms with Crippen molar-refractivity contribution in [1.29, 1.82) is 0 Å². The third kappa shape index (κ3) is 11.3. The zero-order valence-corrected chi connectivity index (χ0v) is 19.7. The molecule has 14 heteroatoms. The highest BCUT2D eigenvalue weighted by Crippen LogP contribution is 2.07. The Bertz CT molecular complexity index is 791. The summed E-state index contributed by atoms with van der Waals surface area (Å²) in [5.41, 5.74) is 17.1. The van der Waals surface area contributed by atoms with Gasteiger partial charge in [0.25, 0.3) is 0 Å². The number of H-pyrrole nitrogens is 1. The van der Waals surface area contributed by atoms with Crippen LogP contribution in [-0.2, 0) is 25.6 Å². The van der Waals surface area contributed by atoms with Crippen LogP contribution in [-0.4, -0.2) is 87.7 Å². The van der Waals surface area contributed by atoms with E-state index in [-0.39, 0.29) is 19.3 Å². The van der Waals surface area contributed by atoms with Gasteiger partial charge in [0.15, 0.2) is 0 Å². The fourth-order valence-corrected chi connectivity index (χ4v) is 3.25. The summed E-state index contributed by atoms with van der Waals surface area (Å²) in [5.74, 6) is -3.27. The van der Waals surface area contributed by atoms with Crippen LogP contribution < -0.4 is 33.2 Å². The maximum Gasteiger partial charge on any atom is 0.326 e. The second kappa shape index (κ2) is 16.5. The second-order valence-corrected chi connectivity index (χ2v) is 8.16. The number of hydrogen-bond donors (Lipinski definition) is 9. The monoisotopic (exact) mass is 498 g/mol. The molecule has 0 spiro atoms. The minimum atomic E-state index is -1.25. The maximum atomic E-state index is 13.0. The lowest BCUT2D eigenvalue weighted by Gasteiger charge is -2.25. The molecule has 12 N–H and O–H groups in total. The number of aromatic nitrogens is 2. The molecule has 0 bridgehead atoms. The number of hydrogen-bond acceptors (Lipinski definition) is 9. The number of rotatable bonds is 18. The van der Waals surface area contributed by atoms with Crippen LogP contribution in [0.15, 0.2) is 12.5 Å². The number of aliphatic hydroxyl groups is 1. The van der Waals surface area contributed by atoms with Gasteiger partial charge < -0.3 is 48.3 Å². The van der Waals surface area contributed by atoms with Crippen LogP contribution in [0.3, 0.4) is 0 Å². The molecule has 3 amide bonds. The van der Waals surface area contributed by atoms with E-state index < -0.39 is 54.5 Å². The topological polar surface area (TPSA) is 252 Å². The van der Waals surface area contributed by atoms with Crippen molar-refractivity contribution in [2.24, 2.45) is 17.2 Å². The Morgan fingerprint density at radius 1 is 0.886 bits per heavy atom. The average Bonchev–Trinajstić information content (AvgIpc) is 3.34. The number of amides is 3. The highest BCUT2D eigenvalue weighted by molar-refractivity contribution is 5.94. The molecule has 1 heterocycles. The van der Waals surface area contributed by atoms with Crippen LogP contribution >= 0.6 is 0 Å². The van der Waals surface area contributed by atoms with Crippen LogP contribution in [0.2, 0.25) is 0 Å². The van der Waals surface area contributed by atoms with E-state index in [1.165, 1.54) is 12.5 Å². The molecule has 0 fully saturated rings. The minimum absolute atomic E-state index is 0.0264. The van der Waals surface area contributed by atoms with Crippen molar-refractivity contribution in [1.82, 2.24) is 25.9 Å². The predicted octanol–water partition coefficient (Wildman–Crippen LogP) is -2.93. The lowest BCUT2D eigenvalue weighted by atomic mass is 10.0. The summed E-state index contributed by atoms with van der Waals surface area (Å²) in [5, 5.41) is 26.2. The van der Waals surface area contributed by atoms with Crippen molar-refractivity contribution < 1.29 is 29.4 Å². The maximum absolute atomic E-state index is 13.0. The van der Waals surface area contributed by atoms with Crippen molar-refractivity contribution >= 4 is 23.7 Å². The summed E-state index contributed by atoms with van der Waals surface area (Å²) in [6, 6.07) is -4.53. The van der Waals surface area contributed by atoms with Gasteiger partial charge in [-0.25, -0.2) is 9.78 Å². The number of carbonyl (C=O) groups excluding carboxylic acids is 3. The largest absolute Gasteiger partial charge is 0.480 e. The molecule has 4 atom stereocenters. The first-order chi connectivity index (χ1) is 16.7. The summed E-state index contributed by atoms with van der Waals surface area (Å²) in [6.07, 6.45) is 5.51. The number of carboxylic acids is 1. The van der Waals surface area contributed by atoms with Crippen molar-refractivity contribution in [3.05, 3.63) is 18.2 Å². The molecule has 0 radical (unpaired) electrons. The number of carbonyl (C=O) groups is 4. The fourth-order valence-electron chi connectivity index (χ4n) is 3.25. The minimum Gasteiger partial charge on any atom is -0.480 e. The number of carboxylic acid groups (broad SMARTS) is 1. The van der Waals surface area contributed by atoms with Gasteiger partial charge in [-0.1, -0.05) is 0 Å². The Balaban J connectivity index is 2.95. The van der Waals surface area contributed by atoms with Gasteiger partial charge in [0, 0.05) is 18.3 Å². The molecule has 14 nitrogen and oxygen atoms in total. The van der Waals surface area contributed by atoms with Crippen LogP contribution in [0.1, 0.15) is 44.2 Å². The van der Waals surface area contributed by atoms with Crippen LogP contribution in [0.5, 0.6) is 0 Å². The first kappa shape index (κ1) is 30.0. The normalized spacial score (nSPS) is 14.4. The SMILES string of the molecule is NCCCCC(NC(=O)C(N)CO)C(=O)NC(CCCCN)C(=O)NC(Cc1cnc[nH]1)C(=O)O. The molecule has 198 valence electrons. The Morgan fingerprint density at radius 3 is 1.83 bits per heavy atom. The van der Waals surface area contributed by atoms with E-state index in [9.17, 15) is 24.3 Å². The third-order valence-corrected chi connectivity index (χ3v) is 5.29. The highest BCUT2D eigenvalue weighted by Gasteiger charge is 2.30. The van der Waals surface area contributed by atoms with Gasteiger partial charge in [-0.15, -0.1) is 0 Å². The highest BCUT2D eigenvalue weighted by atomic mass is 16.4. The Morgan fingerprint density at radius 2 is 1.40 bits per heavy atom. The first-order valence-electron chi connectivity index (χ1n) is 11.6. The lowest BCUT2D eigenvalue weighted by molar-refractivity contribution is -0.142. The van der Waals surface area contributed by atoms with Gasteiger partial charge in [-0.05, 0) is 51.6 Å².